The fraction of sp³-hybridized carbons (Fsp3) is 0.188. The minimum Gasteiger partial charge on any atom is -0.324 e. The van der Waals surface area contributed by atoms with Crippen LogP contribution in [0.1, 0.15) is 18.4 Å². The Bertz CT molecular complexity index is 693. The largest absolute Gasteiger partial charge is 0.324 e. The molecule has 0 aromatic heterocycles. The van der Waals surface area contributed by atoms with Gasteiger partial charge in [0.15, 0.2) is 0 Å². The first-order chi connectivity index (χ1) is 10.0. The van der Waals surface area contributed by atoms with Crippen molar-refractivity contribution in [2.45, 2.75) is 18.3 Å². The van der Waals surface area contributed by atoms with Crippen LogP contribution in [0, 0.1) is 0 Å². The molecule has 0 spiro atoms. The lowest BCUT2D eigenvalue weighted by molar-refractivity contribution is -0.118. The molecule has 0 saturated heterocycles. The van der Waals surface area contributed by atoms with Crippen LogP contribution in [0.5, 0.6) is 0 Å². The van der Waals surface area contributed by atoms with E-state index in [0.29, 0.717) is 20.8 Å². The minimum atomic E-state index is -0.465. The normalized spacial score (nSPS) is 15.6. The van der Waals surface area contributed by atoms with Crippen molar-refractivity contribution < 1.29 is 4.79 Å². The Morgan fingerprint density at radius 2 is 1.57 bits per heavy atom. The number of halogens is 3. The molecule has 0 radical (unpaired) electrons. The van der Waals surface area contributed by atoms with Crippen LogP contribution in [0.3, 0.4) is 0 Å². The van der Waals surface area contributed by atoms with Gasteiger partial charge in [0.2, 0.25) is 5.91 Å². The maximum absolute atomic E-state index is 12.6. The average Bonchev–Trinajstić information content (AvgIpc) is 3.24. The molecule has 1 amide bonds. The first-order valence-corrected chi connectivity index (χ1v) is 7.67. The van der Waals surface area contributed by atoms with Crippen LogP contribution in [-0.4, -0.2) is 5.91 Å². The van der Waals surface area contributed by atoms with Crippen molar-refractivity contribution in [3.8, 4) is 0 Å². The van der Waals surface area contributed by atoms with Crippen molar-refractivity contribution >= 4 is 46.4 Å². The zero-order valence-electron chi connectivity index (χ0n) is 11.0. The molecule has 0 aliphatic heterocycles. The molecule has 0 unspecified atom stereocenters. The zero-order valence-corrected chi connectivity index (χ0v) is 13.3. The highest BCUT2D eigenvalue weighted by Crippen LogP contribution is 2.49. The molecule has 0 atom stereocenters. The summed E-state index contributed by atoms with van der Waals surface area (Å²) in [6, 6.07) is 12.4. The summed E-state index contributed by atoms with van der Waals surface area (Å²) in [6.45, 7) is 0. The van der Waals surface area contributed by atoms with E-state index in [9.17, 15) is 4.79 Å². The van der Waals surface area contributed by atoms with Crippen molar-refractivity contribution in [1.29, 1.82) is 0 Å². The van der Waals surface area contributed by atoms with Crippen LogP contribution >= 0.6 is 34.8 Å². The second-order valence-electron chi connectivity index (χ2n) is 5.17. The van der Waals surface area contributed by atoms with Crippen molar-refractivity contribution in [2.24, 2.45) is 0 Å². The zero-order chi connectivity index (χ0) is 15.0. The predicted octanol–water partition coefficient (Wildman–Crippen LogP) is 5.32. The maximum Gasteiger partial charge on any atom is 0.235 e. The quantitative estimate of drug-likeness (QED) is 0.805. The third-order valence-electron chi connectivity index (χ3n) is 3.76. The van der Waals surface area contributed by atoms with E-state index in [1.54, 1.807) is 30.3 Å². The Balaban J connectivity index is 1.83. The predicted molar refractivity (Wildman–Crippen MR) is 87.5 cm³/mol. The van der Waals surface area contributed by atoms with E-state index in [1.807, 2.05) is 12.1 Å². The van der Waals surface area contributed by atoms with Gasteiger partial charge in [-0.15, -0.1) is 0 Å². The third kappa shape index (κ3) is 2.89. The number of rotatable bonds is 3. The van der Waals surface area contributed by atoms with Crippen molar-refractivity contribution in [3.05, 3.63) is 63.1 Å². The molecule has 3 rings (SSSR count). The number of anilines is 1. The fourth-order valence-corrected chi connectivity index (χ4v) is 2.96. The van der Waals surface area contributed by atoms with Gasteiger partial charge in [0.05, 0.1) is 16.1 Å². The molecular weight excluding hydrogens is 329 g/mol. The Hall–Kier alpha value is -1.22. The molecular formula is C16H12Cl3NO. The fourth-order valence-electron chi connectivity index (χ4n) is 2.37. The van der Waals surface area contributed by atoms with E-state index in [2.05, 4.69) is 5.32 Å². The highest BCUT2D eigenvalue weighted by atomic mass is 35.5. The summed E-state index contributed by atoms with van der Waals surface area (Å²) >= 11 is 17.8. The first-order valence-electron chi connectivity index (χ1n) is 6.54. The highest BCUT2D eigenvalue weighted by Gasteiger charge is 2.51. The van der Waals surface area contributed by atoms with Gasteiger partial charge in [0.25, 0.3) is 0 Å². The van der Waals surface area contributed by atoms with Gasteiger partial charge >= 0.3 is 0 Å². The Kier molecular flexibility index (Phi) is 3.87. The Labute approximate surface area is 138 Å². The lowest BCUT2D eigenvalue weighted by Crippen LogP contribution is -2.27. The SMILES string of the molecule is O=C(Nc1ccc(Cl)cc1Cl)C1(c2ccc(Cl)cc2)CC1. The topological polar surface area (TPSA) is 29.1 Å². The number of nitrogens with one attached hydrogen (secondary N) is 1. The Morgan fingerprint density at radius 3 is 2.14 bits per heavy atom. The Morgan fingerprint density at radius 1 is 0.952 bits per heavy atom. The summed E-state index contributed by atoms with van der Waals surface area (Å²) in [7, 11) is 0. The van der Waals surface area contributed by atoms with Gasteiger partial charge in [0, 0.05) is 10.0 Å². The summed E-state index contributed by atoms with van der Waals surface area (Å²) in [5.41, 5.74) is 1.09. The maximum atomic E-state index is 12.6. The van der Waals surface area contributed by atoms with Crippen LogP contribution in [0.2, 0.25) is 15.1 Å². The van der Waals surface area contributed by atoms with Crippen LogP contribution in [0.4, 0.5) is 5.69 Å². The lowest BCUT2D eigenvalue weighted by atomic mass is 9.95. The molecule has 1 fully saturated rings. The molecule has 0 bridgehead atoms. The van der Waals surface area contributed by atoms with Crippen LogP contribution in [0.25, 0.3) is 0 Å². The first kappa shape index (κ1) is 14.7. The molecule has 2 aromatic rings. The second-order valence-corrected chi connectivity index (χ2v) is 6.45. The van der Waals surface area contributed by atoms with Gasteiger partial charge in [-0.05, 0) is 48.7 Å². The van der Waals surface area contributed by atoms with E-state index < -0.39 is 5.41 Å². The summed E-state index contributed by atoms with van der Waals surface area (Å²) in [4.78, 5) is 12.6. The minimum absolute atomic E-state index is 0.0472. The van der Waals surface area contributed by atoms with Gasteiger partial charge in [0.1, 0.15) is 0 Å². The van der Waals surface area contributed by atoms with E-state index in [4.69, 9.17) is 34.8 Å². The number of hydrogen-bond donors (Lipinski definition) is 1. The molecule has 5 heteroatoms. The van der Waals surface area contributed by atoms with E-state index in [0.717, 1.165) is 18.4 Å². The van der Waals surface area contributed by atoms with Crippen molar-refractivity contribution in [1.82, 2.24) is 0 Å². The third-order valence-corrected chi connectivity index (χ3v) is 4.56. The van der Waals surface area contributed by atoms with E-state index >= 15 is 0 Å². The standard InChI is InChI=1S/C16H12Cl3NO/c17-11-3-1-10(2-4-11)16(7-8-16)15(21)20-14-6-5-12(18)9-13(14)19/h1-6,9H,7-8H2,(H,20,21). The monoisotopic (exact) mass is 339 g/mol. The summed E-state index contributed by atoms with van der Waals surface area (Å²) in [5, 5.41) is 4.53. The molecule has 108 valence electrons. The number of amides is 1. The number of benzene rings is 2. The van der Waals surface area contributed by atoms with Crippen LogP contribution < -0.4 is 5.32 Å². The molecule has 1 N–H and O–H groups in total. The van der Waals surface area contributed by atoms with Crippen LogP contribution in [0.15, 0.2) is 42.5 Å². The molecule has 2 nitrogen and oxygen atoms in total. The molecule has 2 aromatic carbocycles. The molecule has 0 heterocycles. The lowest BCUT2D eigenvalue weighted by Gasteiger charge is -2.16. The van der Waals surface area contributed by atoms with E-state index in [-0.39, 0.29) is 5.91 Å². The molecule has 1 aliphatic carbocycles. The summed E-state index contributed by atoms with van der Waals surface area (Å²) < 4.78 is 0. The molecule has 1 saturated carbocycles. The van der Waals surface area contributed by atoms with Gasteiger partial charge in [-0.3, -0.25) is 4.79 Å². The van der Waals surface area contributed by atoms with Gasteiger partial charge < -0.3 is 5.32 Å². The average molecular weight is 341 g/mol. The van der Waals surface area contributed by atoms with Crippen LogP contribution in [-0.2, 0) is 10.2 Å². The summed E-state index contributed by atoms with van der Waals surface area (Å²) in [6.07, 6.45) is 1.65. The molecule has 1 aliphatic rings. The summed E-state index contributed by atoms with van der Waals surface area (Å²) in [5.74, 6) is -0.0472. The number of carbonyl (C=O) groups is 1. The second kappa shape index (κ2) is 5.53. The van der Waals surface area contributed by atoms with Crippen molar-refractivity contribution in [3.63, 3.8) is 0 Å². The van der Waals surface area contributed by atoms with E-state index in [1.165, 1.54) is 0 Å². The van der Waals surface area contributed by atoms with Gasteiger partial charge in [-0.1, -0.05) is 46.9 Å². The number of carbonyl (C=O) groups excluding carboxylic acids is 1. The smallest absolute Gasteiger partial charge is 0.235 e. The molecule has 21 heavy (non-hydrogen) atoms. The highest BCUT2D eigenvalue weighted by molar-refractivity contribution is 6.36. The van der Waals surface area contributed by atoms with Gasteiger partial charge in [-0.25, -0.2) is 0 Å². The van der Waals surface area contributed by atoms with Crippen molar-refractivity contribution in [2.75, 3.05) is 5.32 Å². The van der Waals surface area contributed by atoms with Gasteiger partial charge in [-0.2, -0.15) is 0 Å². The number of hydrogen-bond acceptors (Lipinski definition) is 1.